The van der Waals surface area contributed by atoms with Gasteiger partial charge in [-0.1, -0.05) is 26.0 Å². The van der Waals surface area contributed by atoms with Crippen LogP contribution in [0.25, 0.3) is 0 Å². The number of hydrogen-bond acceptors (Lipinski definition) is 6. The van der Waals surface area contributed by atoms with Gasteiger partial charge in [0.25, 0.3) is 0 Å². The van der Waals surface area contributed by atoms with E-state index in [-0.39, 0.29) is 12.0 Å². The van der Waals surface area contributed by atoms with Crippen LogP contribution < -0.4 is 4.72 Å². The Bertz CT molecular complexity index is 894. The summed E-state index contributed by atoms with van der Waals surface area (Å²) < 4.78 is 28.4. The van der Waals surface area contributed by atoms with Crippen LogP contribution in [0, 0.1) is 5.92 Å². The second-order valence-electron chi connectivity index (χ2n) is 7.61. The molecule has 0 saturated carbocycles. The van der Waals surface area contributed by atoms with Gasteiger partial charge in [0.1, 0.15) is 5.82 Å². The molecule has 0 amide bonds. The van der Waals surface area contributed by atoms with Crippen molar-refractivity contribution in [3.05, 3.63) is 41.5 Å². The second kappa shape index (κ2) is 8.94. The van der Waals surface area contributed by atoms with Crippen molar-refractivity contribution in [3.8, 4) is 0 Å². The molecule has 1 aromatic carbocycles. The summed E-state index contributed by atoms with van der Waals surface area (Å²) >= 11 is 1.75. The van der Waals surface area contributed by atoms with Crippen molar-refractivity contribution >= 4 is 21.8 Å². The predicted molar refractivity (Wildman–Crippen MR) is 113 cm³/mol. The first-order valence-corrected chi connectivity index (χ1v) is 12.6. The molecule has 0 fully saturated rings. The van der Waals surface area contributed by atoms with E-state index in [1.54, 1.807) is 11.8 Å². The Morgan fingerprint density at radius 1 is 1.14 bits per heavy atom. The molecule has 0 radical (unpaired) electrons. The van der Waals surface area contributed by atoms with Gasteiger partial charge in [0, 0.05) is 37.5 Å². The van der Waals surface area contributed by atoms with Crippen LogP contribution >= 0.6 is 11.8 Å². The van der Waals surface area contributed by atoms with E-state index < -0.39 is 10.0 Å². The number of benzene rings is 1. The van der Waals surface area contributed by atoms with Gasteiger partial charge < -0.3 is 4.57 Å². The van der Waals surface area contributed by atoms with Gasteiger partial charge in [0.15, 0.2) is 5.82 Å². The molecule has 154 valence electrons. The SMILES string of the molecule is CSc1ccc(CN2CCc3nnc([C@H](NS(C)(=O)=O)C(C)C)n3CC2)cc1. The van der Waals surface area contributed by atoms with Gasteiger partial charge >= 0.3 is 0 Å². The topological polar surface area (TPSA) is 80.1 Å². The highest BCUT2D eigenvalue weighted by atomic mass is 32.2. The lowest BCUT2D eigenvalue weighted by atomic mass is 10.1. The smallest absolute Gasteiger partial charge is 0.209 e. The maximum Gasteiger partial charge on any atom is 0.209 e. The third-order valence-electron chi connectivity index (χ3n) is 5.00. The zero-order valence-electron chi connectivity index (χ0n) is 16.9. The normalized spacial score (nSPS) is 16.8. The molecule has 1 aromatic heterocycles. The van der Waals surface area contributed by atoms with E-state index in [2.05, 4.69) is 54.9 Å². The van der Waals surface area contributed by atoms with E-state index in [1.165, 1.54) is 16.7 Å². The first kappa shape index (κ1) is 21.3. The maximum absolute atomic E-state index is 11.8. The third-order valence-corrected chi connectivity index (χ3v) is 6.42. The summed E-state index contributed by atoms with van der Waals surface area (Å²) in [5, 5.41) is 8.70. The van der Waals surface area contributed by atoms with Crippen molar-refractivity contribution in [3.63, 3.8) is 0 Å². The van der Waals surface area contributed by atoms with Crippen molar-refractivity contribution in [2.45, 2.75) is 44.3 Å². The van der Waals surface area contributed by atoms with Crippen molar-refractivity contribution in [2.24, 2.45) is 5.92 Å². The molecule has 1 aliphatic rings. The number of aromatic nitrogens is 3. The molecule has 0 bridgehead atoms. The third kappa shape index (κ3) is 5.34. The largest absolute Gasteiger partial charge is 0.312 e. The van der Waals surface area contributed by atoms with Crippen LogP contribution in [-0.4, -0.2) is 53.7 Å². The van der Waals surface area contributed by atoms with E-state index in [4.69, 9.17) is 0 Å². The van der Waals surface area contributed by atoms with Gasteiger partial charge in [-0.2, -0.15) is 0 Å². The zero-order valence-corrected chi connectivity index (χ0v) is 18.6. The van der Waals surface area contributed by atoms with Crippen LogP contribution in [0.3, 0.4) is 0 Å². The van der Waals surface area contributed by atoms with Crippen molar-refractivity contribution < 1.29 is 8.42 Å². The highest BCUT2D eigenvalue weighted by Crippen LogP contribution is 2.23. The van der Waals surface area contributed by atoms with Gasteiger partial charge in [-0.25, -0.2) is 13.1 Å². The monoisotopic (exact) mass is 423 g/mol. The number of sulfonamides is 1. The van der Waals surface area contributed by atoms with Crippen molar-refractivity contribution in [2.75, 3.05) is 25.6 Å². The van der Waals surface area contributed by atoms with Gasteiger partial charge in [-0.15, -0.1) is 22.0 Å². The molecule has 2 aromatic rings. The number of thioether (sulfide) groups is 1. The highest BCUT2D eigenvalue weighted by molar-refractivity contribution is 7.98. The Kier molecular flexibility index (Phi) is 6.80. The number of nitrogens with zero attached hydrogens (tertiary/aromatic N) is 4. The van der Waals surface area contributed by atoms with E-state index in [9.17, 15) is 8.42 Å². The zero-order chi connectivity index (χ0) is 20.3. The Morgan fingerprint density at radius 3 is 2.46 bits per heavy atom. The van der Waals surface area contributed by atoms with Crippen LogP contribution in [0.1, 0.15) is 37.1 Å². The molecule has 9 heteroatoms. The first-order valence-electron chi connectivity index (χ1n) is 9.51. The fourth-order valence-electron chi connectivity index (χ4n) is 3.48. The molecule has 1 atom stereocenters. The Balaban J connectivity index is 1.73. The molecule has 0 spiro atoms. The van der Waals surface area contributed by atoms with Crippen LogP contribution in [-0.2, 0) is 29.5 Å². The minimum Gasteiger partial charge on any atom is -0.312 e. The maximum atomic E-state index is 11.8. The molecule has 1 aliphatic heterocycles. The van der Waals surface area contributed by atoms with E-state index in [0.29, 0.717) is 5.82 Å². The molecule has 28 heavy (non-hydrogen) atoms. The van der Waals surface area contributed by atoms with Gasteiger partial charge in [0.2, 0.25) is 10.0 Å². The lowest BCUT2D eigenvalue weighted by Gasteiger charge is -2.22. The molecule has 3 rings (SSSR count). The summed E-state index contributed by atoms with van der Waals surface area (Å²) in [6, 6.07) is 8.33. The van der Waals surface area contributed by atoms with Gasteiger partial charge in [-0.3, -0.25) is 4.90 Å². The Morgan fingerprint density at radius 2 is 1.86 bits per heavy atom. The van der Waals surface area contributed by atoms with Crippen LogP contribution in [0.5, 0.6) is 0 Å². The van der Waals surface area contributed by atoms with Crippen LogP contribution in [0.15, 0.2) is 29.2 Å². The molecule has 0 aliphatic carbocycles. The van der Waals surface area contributed by atoms with Crippen LogP contribution in [0.2, 0.25) is 0 Å². The summed E-state index contributed by atoms with van der Waals surface area (Å²) in [5.74, 6) is 1.72. The van der Waals surface area contributed by atoms with E-state index in [1.807, 2.05) is 13.8 Å². The minimum absolute atomic E-state index is 0.0809. The molecule has 0 saturated heterocycles. The number of rotatable bonds is 7. The average Bonchev–Trinajstić information content (AvgIpc) is 2.93. The standard InChI is InChI=1S/C19H29N5O2S2/c1-14(2)18(22-28(4,25)26)19-21-20-17-9-10-23(11-12-24(17)19)13-15-5-7-16(27-3)8-6-15/h5-8,14,18,22H,9-13H2,1-4H3/t18-/m1/s1. The molecule has 7 nitrogen and oxygen atoms in total. The number of fused-ring (bicyclic) bond motifs is 1. The fraction of sp³-hybridized carbons (Fsp3) is 0.579. The lowest BCUT2D eigenvalue weighted by molar-refractivity contribution is 0.269. The quantitative estimate of drug-likeness (QED) is 0.689. The lowest BCUT2D eigenvalue weighted by Crippen LogP contribution is -2.33. The summed E-state index contributed by atoms with van der Waals surface area (Å²) in [4.78, 5) is 3.69. The highest BCUT2D eigenvalue weighted by Gasteiger charge is 2.28. The molecule has 2 heterocycles. The summed E-state index contributed by atoms with van der Waals surface area (Å²) in [5.41, 5.74) is 1.30. The molecular formula is C19H29N5O2S2. The minimum atomic E-state index is -3.33. The van der Waals surface area contributed by atoms with Gasteiger partial charge in [-0.05, 0) is 29.9 Å². The molecule has 1 N–H and O–H groups in total. The Labute approximate surface area is 172 Å². The van der Waals surface area contributed by atoms with Crippen molar-refractivity contribution in [1.82, 2.24) is 24.4 Å². The fourth-order valence-corrected chi connectivity index (χ4v) is 4.73. The summed E-state index contributed by atoms with van der Waals surface area (Å²) in [7, 11) is -3.33. The Hall–Kier alpha value is -1.42. The van der Waals surface area contributed by atoms with E-state index >= 15 is 0 Å². The van der Waals surface area contributed by atoms with E-state index in [0.717, 1.165) is 38.4 Å². The number of hydrogen-bond donors (Lipinski definition) is 1. The second-order valence-corrected chi connectivity index (χ2v) is 10.3. The molecular weight excluding hydrogens is 394 g/mol. The first-order chi connectivity index (χ1) is 13.3. The summed E-state index contributed by atoms with van der Waals surface area (Å²) in [6.07, 6.45) is 4.08. The van der Waals surface area contributed by atoms with Crippen LogP contribution in [0.4, 0.5) is 0 Å². The van der Waals surface area contributed by atoms with Gasteiger partial charge in [0.05, 0.1) is 12.3 Å². The summed E-state index contributed by atoms with van der Waals surface area (Å²) in [6.45, 7) is 7.43. The average molecular weight is 424 g/mol. The molecule has 0 unspecified atom stereocenters. The number of nitrogens with one attached hydrogen (secondary N) is 1. The van der Waals surface area contributed by atoms with Crippen molar-refractivity contribution in [1.29, 1.82) is 0 Å². The predicted octanol–water partition coefficient (Wildman–Crippen LogP) is 2.30.